The van der Waals surface area contributed by atoms with E-state index in [0.29, 0.717) is 5.92 Å². The fourth-order valence-electron chi connectivity index (χ4n) is 2.15. The average Bonchev–Trinajstić information content (AvgIpc) is 2.36. The lowest BCUT2D eigenvalue weighted by molar-refractivity contribution is -0.116. The van der Waals surface area contributed by atoms with Gasteiger partial charge in [-0.1, -0.05) is 32.0 Å². The van der Waals surface area contributed by atoms with Crippen LogP contribution in [-0.4, -0.2) is 25.0 Å². The largest absolute Gasteiger partial charge is 0.368 e. The maximum atomic E-state index is 11.3. The molecule has 0 aromatic heterocycles. The highest BCUT2D eigenvalue weighted by Crippen LogP contribution is 2.22. The van der Waals surface area contributed by atoms with Crippen LogP contribution in [0.4, 0.5) is 5.69 Å². The summed E-state index contributed by atoms with van der Waals surface area (Å²) in [5, 5.41) is 3.45. The molecular weight excluding hydrogens is 250 g/mol. The van der Waals surface area contributed by atoms with Crippen LogP contribution in [-0.2, 0) is 11.3 Å². The molecule has 0 spiro atoms. The van der Waals surface area contributed by atoms with Gasteiger partial charge in [0.15, 0.2) is 0 Å². The van der Waals surface area contributed by atoms with Gasteiger partial charge in [0.25, 0.3) is 0 Å². The molecule has 1 rings (SSSR count). The van der Waals surface area contributed by atoms with Crippen molar-refractivity contribution in [3.8, 4) is 0 Å². The second-order valence-corrected chi connectivity index (χ2v) is 5.84. The number of benzene rings is 1. The van der Waals surface area contributed by atoms with Gasteiger partial charge in [-0.15, -0.1) is 0 Å². The first-order chi connectivity index (χ1) is 9.41. The highest BCUT2D eigenvalue weighted by molar-refractivity contribution is 5.80. The lowest BCUT2D eigenvalue weighted by atomic mass is 10.1. The third-order valence-electron chi connectivity index (χ3n) is 3.12. The highest BCUT2D eigenvalue weighted by Gasteiger charge is 2.16. The van der Waals surface area contributed by atoms with E-state index in [1.54, 1.807) is 0 Å². The lowest BCUT2D eigenvalue weighted by Gasteiger charge is -2.30. The summed E-state index contributed by atoms with van der Waals surface area (Å²) in [5.74, 6) is 0.317. The predicted molar refractivity (Wildman–Crippen MR) is 84.7 cm³/mol. The molecule has 0 saturated heterocycles. The molecule has 0 unspecified atom stereocenters. The number of nitrogens with zero attached hydrogens (tertiary/aromatic N) is 1. The minimum absolute atomic E-state index is 0.230. The van der Waals surface area contributed by atoms with E-state index in [0.717, 1.165) is 18.8 Å². The molecule has 0 aliphatic carbocycles. The maximum absolute atomic E-state index is 11.3. The van der Waals surface area contributed by atoms with E-state index in [-0.39, 0.29) is 18.5 Å². The number of hydrogen-bond acceptors (Lipinski definition) is 3. The Bertz CT molecular complexity index is 429. The van der Waals surface area contributed by atoms with Gasteiger partial charge in [0, 0.05) is 18.3 Å². The van der Waals surface area contributed by atoms with E-state index >= 15 is 0 Å². The van der Waals surface area contributed by atoms with Crippen molar-refractivity contribution < 1.29 is 4.79 Å². The van der Waals surface area contributed by atoms with Gasteiger partial charge >= 0.3 is 0 Å². The van der Waals surface area contributed by atoms with Gasteiger partial charge in [-0.2, -0.15) is 0 Å². The Kier molecular flexibility index (Phi) is 6.52. The Morgan fingerprint density at radius 2 is 1.90 bits per heavy atom. The molecular formula is C16H27N3O. The molecule has 1 aromatic carbocycles. The van der Waals surface area contributed by atoms with E-state index < -0.39 is 0 Å². The summed E-state index contributed by atoms with van der Waals surface area (Å²) in [6, 6.07) is 8.40. The van der Waals surface area contributed by atoms with Crippen LogP contribution < -0.4 is 16.0 Å². The summed E-state index contributed by atoms with van der Waals surface area (Å²) in [7, 11) is 0. The number of carbonyl (C=O) groups excluding carboxylic acids is 1. The normalized spacial score (nSPS) is 11.1. The molecule has 4 heteroatoms. The zero-order chi connectivity index (χ0) is 15.1. The van der Waals surface area contributed by atoms with Crippen molar-refractivity contribution in [2.24, 2.45) is 11.7 Å². The van der Waals surface area contributed by atoms with Gasteiger partial charge in [-0.3, -0.25) is 4.79 Å². The molecule has 4 nitrogen and oxygen atoms in total. The molecule has 0 saturated carbocycles. The van der Waals surface area contributed by atoms with Crippen molar-refractivity contribution in [1.82, 2.24) is 5.32 Å². The fourth-order valence-corrected chi connectivity index (χ4v) is 2.15. The standard InChI is InChI=1S/C16H27N3O/c1-12(2)9-18-10-14-7-5-6-8-15(14)19(13(3)4)11-16(17)20/h5-8,12-13,18H,9-11H2,1-4H3,(H2,17,20). The minimum Gasteiger partial charge on any atom is -0.368 e. The molecule has 0 aliphatic rings. The first-order valence-corrected chi connectivity index (χ1v) is 7.25. The number of amides is 1. The Balaban J connectivity index is 2.88. The SMILES string of the molecule is CC(C)CNCc1ccccc1N(CC(N)=O)C(C)C. The Morgan fingerprint density at radius 3 is 2.45 bits per heavy atom. The third kappa shape index (κ3) is 5.21. The lowest BCUT2D eigenvalue weighted by Crippen LogP contribution is -2.39. The van der Waals surface area contributed by atoms with Crippen molar-refractivity contribution >= 4 is 11.6 Å². The second kappa shape index (κ2) is 7.90. The van der Waals surface area contributed by atoms with E-state index in [2.05, 4.69) is 50.0 Å². The number of hydrogen-bond donors (Lipinski definition) is 2. The van der Waals surface area contributed by atoms with Gasteiger partial charge in [0.1, 0.15) is 0 Å². The van der Waals surface area contributed by atoms with Crippen LogP contribution in [0.15, 0.2) is 24.3 Å². The second-order valence-electron chi connectivity index (χ2n) is 5.84. The Labute approximate surface area is 122 Å². The van der Waals surface area contributed by atoms with Crippen LogP contribution in [0.5, 0.6) is 0 Å². The number of primary amides is 1. The van der Waals surface area contributed by atoms with Crippen LogP contribution in [0.2, 0.25) is 0 Å². The molecule has 0 atom stereocenters. The number of nitrogens with one attached hydrogen (secondary N) is 1. The van der Waals surface area contributed by atoms with E-state index in [1.165, 1.54) is 5.56 Å². The van der Waals surface area contributed by atoms with Gasteiger partial charge in [0.2, 0.25) is 5.91 Å². The van der Waals surface area contributed by atoms with Crippen LogP contribution in [0.25, 0.3) is 0 Å². The van der Waals surface area contributed by atoms with Crippen molar-refractivity contribution in [2.75, 3.05) is 18.0 Å². The van der Waals surface area contributed by atoms with Gasteiger partial charge < -0.3 is 16.0 Å². The summed E-state index contributed by atoms with van der Waals surface area (Å²) >= 11 is 0. The zero-order valence-corrected chi connectivity index (χ0v) is 13.0. The van der Waals surface area contributed by atoms with Gasteiger partial charge in [-0.25, -0.2) is 0 Å². The first-order valence-electron chi connectivity index (χ1n) is 7.25. The topological polar surface area (TPSA) is 58.4 Å². The highest BCUT2D eigenvalue weighted by atomic mass is 16.1. The summed E-state index contributed by atoms with van der Waals surface area (Å²) in [6.45, 7) is 10.5. The molecule has 0 fully saturated rings. The summed E-state index contributed by atoms with van der Waals surface area (Å²) in [5.41, 5.74) is 7.64. The Morgan fingerprint density at radius 1 is 1.25 bits per heavy atom. The molecule has 0 bridgehead atoms. The molecule has 112 valence electrons. The summed E-state index contributed by atoms with van der Waals surface area (Å²) < 4.78 is 0. The van der Waals surface area contributed by atoms with Gasteiger partial charge in [-0.05, 0) is 37.9 Å². The molecule has 1 amide bonds. The van der Waals surface area contributed by atoms with Crippen LogP contribution in [0.3, 0.4) is 0 Å². The quantitative estimate of drug-likeness (QED) is 0.765. The average molecular weight is 277 g/mol. The number of rotatable bonds is 8. The number of carbonyl (C=O) groups is 1. The van der Waals surface area contributed by atoms with Crippen molar-refractivity contribution in [2.45, 2.75) is 40.3 Å². The first kappa shape index (κ1) is 16.5. The zero-order valence-electron chi connectivity index (χ0n) is 13.0. The molecule has 1 aromatic rings. The van der Waals surface area contributed by atoms with Gasteiger partial charge in [0.05, 0.1) is 6.54 Å². The van der Waals surface area contributed by atoms with E-state index in [1.807, 2.05) is 12.1 Å². The van der Waals surface area contributed by atoms with Crippen molar-refractivity contribution in [3.05, 3.63) is 29.8 Å². The fraction of sp³-hybridized carbons (Fsp3) is 0.562. The van der Waals surface area contributed by atoms with Crippen LogP contribution in [0, 0.1) is 5.92 Å². The van der Waals surface area contributed by atoms with Crippen molar-refractivity contribution in [3.63, 3.8) is 0 Å². The Hall–Kier alpha value is -1.55. The third-order valence-corrected chi connectivity index (χ3v) is 3.12. The summed E-state index contributed by atoms with van der Waals surface area (Å²) in [4.78, 5) is 13.3. The van der Waals surface area contributed by atoms with Crippen LogP contribution >= 0.6 is 0 Å². The number of para-hydroxylation sites is 1. The maximum Gasteiger partial charge on any atom is 0.236 e. The van der Waals surface area contributed by atoms with Crippen LogP contribution in [0.1, 0.15) is 33.3 Å². The molecule has 0 heterocycles. The predicted octanol–water partition coefficient (Wildman–Crippen LogP) is 2.13. The number of anilines is 1. The smallest absolute Gasteiger partial charge is 0.236 e. The minimum atomic E-state index is -0.302. The monoisotopic (exact) mass is 277 g/mol. The van der Waals surface area contributed by atoms with Crippen molar-refractivity contribution in [1.29, 1.82) is 0 Å². The molecule has 3 N–H and O–H groups in total. The number of nitrogens with two attached hydrogens (primary N) is 1. The molecule has 0 aliphatic heterocycles. The molecule has 20 heavy (non-hydrogen) atoms. The van der Waals surface area contributed by atoms with E-state index in [9.17, 15) is 4.79 Å². The van der Waals surface area contributed by atoms with E-state index in [4.69, 9.17) is 5.73 Å². The summed E-state index contributed by atoms with van der Waals surface area (Å²) in [6.07, 6.45) is 0. The molecule has 0 radical (unpaired) electrons.